The summed E-state index contributed by atoms with van der Waals surface area (Å²) in [6.07, 6.45) is 0. The lowest BCUT2D eigenvalue weighted by atomic mass is 10.3. The first-order chi connectivity index (χ1) is 7.66. The zero-order valence-corrected chi connectivity index (χ0v) is 9.75. The third-order valence-corrected chi connectivity index (χ3v) is 2.17. The van der Waals surface area contributed by atoms with E-state index in [-0.39, 0.29) is 0 Å². The molecular weight excluding hydrogens is 202 g/mol. The molecule has 1 aromatic heterocycles. The Morgan fingerprint density at radius 2 is 2.12 bits per heavy atom. The molecule has 84 valence electrons. The Kier molecular flexibility index (Phi) is 2.85. The van der Waals surface area contributed by atoms with Gasteiger partial charge in [0.05, 0.1) is 17.8 Å². The highest BCUT2D eigenvalue weighted by atomic mass is 15.4. The van der Waals surface area contributed by atoms with Gasteiger partial charge in [-0.1, -0.05) is 17.3 Å². The fourth-order valence-corrected chi connectivity index (χ4v) is 1.62. The molecule has 1 heterocycles. The normalized spacial score (nSPS) is 12.1. The van der Waals surface area contributed by atoms with Crippen molar-refractivity contribution in [3.8, 4) is 0 Å². The van der Waals surface area contributed by atoms with Gasteiger partial charge in [0.25, 0.3) is 0 Å². The highest BCUT2D eigenvalue weighted by molar-refractivity contribution is 5.83. The van der Waals surface area contributed by atoms with Gasteiger partial charge in [0.15, 0.2) is 0 Å². The summed E-state index contributed by atoms with van der Waals surface area (Å²) in [5, 5.41) is 14.3. The van der Waals surface area contributed by atoms with Crippen molar-refractivity contribution in [3.05, 3.63) is 24.3 Å². The van der Waals surface area contributed by atoms with Gasteiger partial charge in [0.2, 0.25) is 0 Å². The molecule has 0 aliphatic heterocycles. The molecule has 0 N–H and O–H groups in total. The predicted octanol–water partition coefficient (Wildman–Crippen LogP) is 1.37. The van der Waals surface area contributed by atoms with Crippen LogP contribution < -0.4 is 0 Å². The van der Waals surface area contributed by atoms with Gasteiger partial charge in [-0.3, -0.25) is 0 Å². The van der Waals surface area contributed by atoms with Gasteiger partial charge in [-0.25, -0.2) is 4.68 Å². The van der Waals surface area contributed by atoms with Crippen molar-refractivity contribution in [2.45, 2.75) is 13.5 Å². The molecule has 5 nitrogen and oxygen atoms in total. The van der Waals surface area contributed by atoms with Crippen LogP contribution in [0.25, 0.3) is 11.0 Å². The molecule has 0 saturated carbocycles. The van der Waals surface area contributed by atoms with Crippen molar-refractivity contribution >= 4 is 16.7 Å². The molecular formula is C11H15N5. The van der Waals surface area contributed by atoms with Gasteiger partial charge in [-0.2, -0.15) is 5.10 Å². The second kappa shape index (κ2) is 4.30. The van der Waals surface area contributed by atoms with E-state index in [1.165, 1.54) is 0 Å². The molecule has 0 saturated heterocycles. The van der Waals surface area contributed by atoms with Gasteiger partial charge in [0.1, 0.15) is 5.52 Å². The van der Waals surface area contributed by atoms with Crippen molar-refractivity contribution in [2.75, 3.05) is 14.1 Å². The molecule has 0 aliphatic rings. The third-order valence-electron chi connectivity index (χ3n) is 2.17. The first kappa shape index (κ1) is 10.6. The molecule has 0 spiro atoms. The highest BCUT2D eigenvalue weighted by Crippen LogP contribution is 2.09. The van der Waals surface area contributed by atoms with E-state index in [0.29, 0.717) is 6.54 Å². The SMILES string of the molecule is C/C(Cn1nnc2ccccc21)=N\N(C)C. The second-order valence-corrected chi connectivity index (χ2v) is 3.92. The number of rotatable bonds is 3. The van der Waals surface area contributed by atoms with Crippen LogP contribution >= 0.6 is 0 Å². The number of aromatic nitrogens is 3. The van der Waals surface area contributed by atoms with Crippen LogP contribution in [0, 0.1) is 0 Å². The van der Waals surface area contributed by atoms with Crippen molar-refractivity contribution in [1.82, 2.24) is 20.0 Å². The fraction of sp³-hybridized carbons (Fsp3) is 0.364. The Balaban J connectivity index is 2.28. The standard InChI is InChI=1S/C11H15N5/c1-9(13-15(2)3)8-16-11-7-5-4-6-10(11)12-14-16/h4-7H,8H2,1-3H3/b13-9+. The van der Waals surface area contributed by atoms with E-state index in [9.17, 15) is 0 Å². The van der Waals surface area contributed by atoms with E-state index >= 15 is 0 Å². The van der Waals surface area contributed by atoms with Crippen molar-refractivity contribution in [1.29, 1.82) is 0 Å². The maximum absolute atomic E-state index is 4.32. The van der Waals surface area contributed by atoms with Crippen molar-refractivity contribution < 1.29 is 0 Å². The second-order valence-electron chi connectivity index (χ2n) is 3.92. The summed E-state index contributed by atoms with van der Waals surface area (Å²) in [4.78, 5) is 0. The number of nitrogens with zero attached hydrogens (tertiary/aromatic N) is 5. The van der Waals surface area contributed by atoms with E-state index < -0.39 is 0 Å². The Bertz CT molecular complexity index is 512. The van der Waals surface area contributed by atoms with Crippen LogP contribution in [0.5, 0.6) is 0 Å². The summed E-state index contributed by atoms with van der Waals surface area (Å²) in [6.45, 7) is 2.65. The lowest BCUT2D eigenvalue weighted by Gasteiger charge is -2.07. The molecule has 0 bridgehead atoms. The minimum Gasteiger partial charge on any atom is -0.303 e. The third kappa shape index (κ3) is 2.18. The Morgan fingerprint density at radius 3 is 2.88 bits per heavy atom. The van der Waals surface area contributed by atoms with Crippen molar-refractivity contribution in [3.63, 3.8) is 0 Å². The molecule has 0 aliphatic carbocycles. The van der Waals surface area contributed by atoms with Crippen LogP contribution in [0.3, 0.4) is 0 Å². The van der Waals surface area contributed by atoms with Gasteiger partial charge >= 0.3 is 0 Å². The average Bonchev–Trinajstić information content (AvgIpc) is 2.61. The monoisotopic (exact) mass is 217 g/mol. The molecule has 2 aromatic rings. The maximum atomic E-state index is 4.32. The summed E-state index contributed by atoms with van der Waals surface area (Å²) >= 11 is 0. The number of fused-ring (bicyclic) bond motifs is 1. The molecule has 0 atom stereocenters. The first-order valence-corrected chi connectivity index (χ1v) is 5.16. The van der Waals surface area contributed by atoms with Gasteiger partial charge in [-0.15, -0.1) is 5.10 Å². The molecule has 0 radical (unpaired) electrons. The van der Waals surface area contributed by atoms with Crippen LogP contribution in [-0.4, -0.2) is 39.8 Å². The summed E-state index contributed by atoms with van der Waals surface area (Å²) in [6, 6.07) is 7.91. The number of hydrazone groups is 1. The van der Waals surface area contributed by atoms with Crippen LogP contribution in [0.4, 0.5) is 0 Å². The minimum absolute atomic E-state index is 0.665. The van der Waals surface area contributed by atoms with Crippen LogP contribution in [0.2, 0.25) is 0 Å². The molecule has 0 unspecified atom stereocenters. The zero-order valence-electron chi connectivity index (χ0n) is 9.75. The van der Waals surface area contributed by atoms with Crippen LogP contribution in [0.1, 0.15) is 6.92 Å². The average molecular weight is 217 g/mol. The summed E-state index contributed by atoms with van der Waals surface area (Å²) in [7, 11) is 3.81. The van der Waals surface area contributed by atoms with Gasteiger partial charge in [0, 0.05) is 14.1 Å². The lowest BCUT2D eigenvalue weighted by Crippen LogP contribution is -2.13. The molecule has 2 rings (SSSR count). The predicted molar refractivity (Wildman–Crippen MR) is 64.3 cm³/mol. The Morgan fingerprint density at radius 1 is 1.38 bits per heavy atom. The number of hydrogen-bond donors (Lipinski definition) is 0. The molecule has 5 heteroatoms. The largest absolute Gasteiger partial charge is 0.303 e. The first-order valence-electron chi connectivity index (χ1n) is 5.16. The number of benzene rings is 1. The van der Waals surface area contributed by atoms with Crippen LogP contribution in [-0.2, 0) is 6.54 Å². The Hall–Kier alpha value is -1.91. The van der Waals surface area contributed by atoms with E-state index in [1.807, 2.05) is 50.0 Å². The Labute approximate surface area is 94.4 Å². The zero-order chi connectivity index (χ0) is 11.5. The van der Waals surface area contributed by atoms with Crippen LogP contribution in [0.15, 0.2) is 29.4 Å². The molecule has 1 aromatic carbocycles. The minimum atomic E-state index is 0.665. The van der Waals surface area contributed by atoms with Gasteiger partial charge in [-0.05, 0) is 19.1 Å². The maximum Gasteiger partial charge on any atom is 0.113 e. The number of hydrogen-bond acceptors (Lipinski definition) is 4. The summed E-state index contributed by atoms with van der Waals surface area (Å²) in [5.74, 6) is 0. The number of para-hydroxylation sites is 1. The molecule has 0 amide bonds. The van der Waals surface area contributed by atoms with Crippen molar-refractivity contribution in [2.24, 2.45) is 5.10 Å². The van der Waals surface area contributed by atoms with E-state index in [0.717, 1.165) is 16.7 Å². The van der Waals surface area contributed by atoms with E-state index in [4.69, 9.17) is 0 Å². The highest BCUT2D eigenvalue weighted by Gasteiger charge is 2.04. The van der Waals surface area contributed by atoms with E-state index in [2.05, 4.69) is 15.4 Å². The van der Waals surface area contributed by atoms with E-state index in [1.54, 1.807) is 5.01 Å². The lowest BCUT2D eigenvalue weighted by molar-refractivity contribution is 0.434. The quantitative estimate of drug-likeness (QED) is 0.576. The molecule has 16 heavy (non-hydrogen) atoms. The smallest absolute Gasteiger partial charge is 0.113 e. The molecule has 0 fully saturated rings. The topological polar surface area (TPSA) is 46.3 Å². The summed E-state index contributed by atoms with van der Waals surface area (Å²) < 4.78 is 1.86. The summed E-state index contributed by atoms with van der Waals surface area (Å²) in [5.41, 5.74) is 2.96. The fourth-order valence-electron chi connectivity index (χ4n) is 1.62. The van der Waals surface area contributed by atoms with Gasteiger partial charge < -0.3 is 5.01 Å².